The highest BCUT2D eigenvalue weighted by molar-refractivity contribution is 8.01. The number of fused-ring (bicyclic) bond motifs is 1. The van der Waals surface area contributed by atoms with Gasteiger partial charge in [0.1, 0.15) is 4.90 Å². The lowest BCUT2D eigenvalue weighted by Crippen LogP contribution is -2.08. The Morgan fingerprint density at radius 1 is 1.14 bits per heavy atom. The molecular formula is C13H13N3O4S. The molecule has 0 aliphatic carbocycles. The SMILES string of the molecule is CC(C)(C)Sc1c([N+](=O)[O-])cc([N+](=O)[O-])c2cccnc12. The Balaban J connectivity index is 2.87. The Kier molecular flexibility index (Phi) is 3.82. The standard InChI is InChI=1S/C13H13N3O4S/c1-13(2,3)21-12-10(16(19)20)7-9(15(17)18)8-5-4-6-14-11(8)12/h4-7H,1-3H3. The van der Waals surface area contributed by atoms with Gasteiger partial charge in [0.05, 0.1) is 26.8 Å². The van der Waals surface area contributed by atoms with Crippen molar-refractivity contribution in [1.29, 1.82) is 0 Å². The van der Waals surface area contributed by atoms with Gasteiger partial charge < -0.3 is 0 Å². The number of non-ortho nitro benzene ring substituents is 1. The van der Waals surface area contributed by atoms with Crippen LogP contribution in [0.3, 0.4) is 0 Å². The van der Waals surface area contributed by atoms with E-state index in [0.717, 1.165) is 6.07 Å². The van der Waals surface area contributed by atoms with Gasteiger partial charge in [0.15, 0.2) is 0 Å². The van der Waals surface area contributed by atoms with E-state index < -0.39 is 9.85 Å². The Morgan fingerprint density at radius 3 is 2.29 bits per heavy atom. The minimum Gasteiger partial charge on any atom is -0.258 e. The summed E-state index contributed by atoms with van der Waals surface area (Å²) >= 11 is 1.28. The van der Waals surface area contributed by atoms with Gasteiger partial charge >= 0.3 is 0 Å². The molecule has 21 heavy (non-hydrogen) atoms. The van der Waals surface area contributed by atoms with Crippen LogP contribution in [0.1, 0.15) is 20.8 Å². The number of nitro groups is 2. The number of thioether (sulfide) groups is 1. The molecule has 0 aliphatic heterocycles. The number of benzene rings is 1. The van der Waals surface area contributed by atoms with Crippen molar-refractivity contribution in [2.75, 3.05) is 0 Å². The number of nitrogens with zero attached hydrogens (tertiary/aromatic N) is 3. The summed E-state index contributed by atoms with van der Waals surface area (Å²) in [6.45, 7) is 5.74. The number of rotatable bonds is 3. The van der Waals surface area contributed by atoms with Crippen LogP contribution in [0.4, 0.5) is 11.4 Å². The van der Waals surface area contributed by atoms with Crippen LogP contribution in [0.2, 0.25) is 0 Å². The fourth-order valence-corrected chi connectivity index (χ4v) is 2.99. The predicted molar refractivity (Wildman–Crippen MR) is 80.7 cm³/mol. The third-order valence-corrected chi connectivity index (χ3v) is 3.83. The molecule has 0 amide bonds. The molecule has 0 aliphatic rings. The van der Waals surface area contributed by atoms with E-state index in [-0.39, 0.29) is 16.1 Å². The van der Waals surface area contributed by atoms with Crippen molar-refractivity contribution in [2.45, 2.75) is 30.4 Å². The summed E-state index contributed by atoms with van der Waals surface area (Å²) in [6, 6.07) is 4.14. The van der Waals surface area contributed by atoms with Gasteiger partial charge in [-0.1, -0.05) is 20.8 Å². The number of pyridine rings is 1. The second kappa shape index (κ2) is 5.28. The van der Waals surface area contributed by atoms with Gasteiger partial charge in [-0.05, 0) is 12.1 Å². The van der Waals surface area contributed by atoms with Crippen LogP contribution in [0, 0.1) is 20.2 Å². The number of nitro benzene ring substituents is 2. The number of aromatic nitrogens is 1. The van der Waals surface area contributed by atoms with Gasteiger partial charge in [-0.3, -0.25) is 25.2 Å². The van der Waals surface area contributed by atoms with Crippen LogP contribution in [0.5, 0.6) is 0 Å². The highest BCUT2D eigenvalue weighted by atomic mass is 32.2. The van der Waals surface area contributed by atoms with Crippen molar-refractivity contribution in [3.05, 3.63) is 44.6 Å². The molecule has 110 valence electrons. The zero-order valence-electron chi connectivity index (χ0n) is 11.7. The molecule has 0 saturated heterocycles. The smallest absolute Gasteiger partial charge is 0.258 e. The van der Waals surface area contributed by atoms with E-state index in [1.54, 1.807) is 12.1 Å². The van der Waals surface area contributed by atoms with Crippen molar-refractivity contribution in [1.82, 2.24) is 4.98 Å². The molecule has 0 atom stereocenters. The molecule has 0 saturated carbocycles. The molecule has 0 N–H and O–H groups in total. The van der Waals surface area contributed by atoms with Crippen molar-refractivity contribution in [3.8, 4) is 0 Å². The maximum Gasteiger partial charge on any atom is 0.292 e. The second-order valence-corrected chi connectivity index (χ2v) is 7.21. The van der Waals surface area contributed by atoms with Crippen LogP contribution < -0.4 is 0 Å². The summed E-state index contributed by atoms with van der Waals surface area (Å²) in [7, 11) is 0. The molecule has 1 aromatic carbocycles. The number of hydrogen-bond acceptors (Lipinski definition) is 6. The maximum atomic E-state index is 11.3. The van der Waals surface area contributed by atoms with Gasteiger partial charge in [-0.2, -0.15) is 0 Å². The first-order valence-electron chi connectivity index (χ1n) is 6.10. The summed E-state index contributed by atoms with van der Waals surface area (Å²) < 4.78 is -0.286. The molecule has 2 aromatic rings. The molecule has 7 nitrogen and oxygen atoms in total. The molecule has 2 rings (SSSR count). The van der Waals surface area contributed by atoms with Crippen LogP contribution in [-0.4, -0.2) is 19.6 Å². The van der Waals surface area contributed by atoms with Gasteiger partial charge in [0.25, 0.3) is 11.4 Å². The normalized spacial score (nSPS) is 11.6. The van der Waals surface area contributed by atoms with Crippen molar-refractivity contribution < 1.29 is 9.85 Å². The zero-order chi connectivity index (χ0) is 15.8. The largest absolute Gasteiger partial charge is 0.292 e. The fraction of sp³-hybridized carbons (Fsp3) is 0.308. The molecule has 0 unspecified atom stereocenters. The minimum atomic E-state index is -0.622. The van der Waals surface area contributed by atoms with E-state index >= 15 is 0 Å². The third-order valence-electron chi connectivity index (χ3n) is 2.61. The van der Waals surface area contributed by atoms with Crippen molar-refractivity contribution >= 4 is 34.0 Å². The van der Waals surface area contributed by atoms with E-state index in [2.05, 4.69) is 4.98 Å². The summed E-state index contributed by atoms with van der Waals surface area (Å²) in [4.78, 5) is 25.7. The molecular weight excluding hydrogens is 294 g/mol. The van der Waals surface area contributed by atoms with Crippen molar-refractivity contribution in [2.24, 2.45) is 0 Å². The Labute approximate surface area is 124 Å². The molecule has 1 heterocycles. The highest BCUT2D eigenvalue weighted by Crippen LogP contribution is 2.44. The minimum absolute atomic E-state index is 0.284. The van der Waals surface area contributed by atoms with Crippen LogP contribution in [-0.2, 0) is 0 Å². The molecule has 8 heteroatoms. The highest BCUT2D eigenvalue weighted by Gasteiger charge is 2.29. The van der Waals surface area contributed by atoms with Gasteiger partial charge in [0, 0.05) is 10.9 Å². The first kappa shape index (κ1) is 15.2. The topological polar surface area (TPSA) is 99.2 Å². The average molecular weight is 307 g/mol. The maximum absolute atomic E-state index is 11.3. The average Bonchev–Trinajstić information content (AvgIpc) is 2.36. The van der Waals surface area contributed by atoms with E-state index in [1.165, 1.54) is 18.0 Å². The quantitative estimate of drug-likeness (QED) is 0.483. The third kappa shape index (κ3) is 3.10. The molecule has 1 aromatic heterocycles. The van der Waals surface area contributed by atoms with Gasteiger partial charge in [-0.25, -0.2) is 0 Å². The fourth-order valence-electron chi connectivity index (χ4n) is 1.88. The Hall–Kier alpha value is -2.22. The molecule has 0 radical (unpaired) electrons. The summed E-state index contributed by atoms with van der Waals surface area (Å²) in [5, 5.41) is 22.7. The van der Waals surface area contributed by atoms with Gasteiger partial charge in [0.2, 0.25) is 0 Å². The lowest BCUT2D eigenvalue weighted by Gasteiger charge is -2.18. The van der Waals surface area contributed by atoms with E-state index in [1.807, 2.05) is 20.8 Å². The first-order valence-corrected chi connectivity index (χ1v) is 6.92. The van der Waals surface area contributed by atoms with Crippen LogP contribution in [0.25, 0.3) is 10.9 Å². The molecule has 0 spiro atoms. The summed E-state index contributed by atoms with van der Waals surface area (Å²) in [5.74, 6) is 0. The van der Waals surface area contributed by atoms with Gasteiger partial charge in [-0.15, -0.1) is 11.8 Å². The molecule has 0 fully saturated rings. The predicted octanol–water partition coefficient (Wildman–Crippen LogP) is 3.94. The lowest BCUT2D eigenvalue weighted by atomic mass is 10.1. The van der Waals surface area contributed by atoms with Crippen LogP contribution in [0.15, 0.2) is 29.3 Å². The zero-order valence-corrected chi connectivity index (χ0v) is 12.5. The summed E-state index contributed by atoms with van der Waals surface area (Å²) in [5.41, 5.74) is -0.297. The Morgan fingerprint density at radius 2 is 1.76 bits per heavy atom. The first-order chi connectivity index (χ1) is 9.70. The van der Waals surface area contributed by atoms with Crippen LogP contribution >= 0.6 is 11.8 Å². The lowest BCUT2D eigenvalue weighted by molar-refractivity contribution is -0.394. The molecule has 0 bridgehead atoms. The Bertz CT molecular complexity index is 740. The second-order valence-electron chi connectivity index (χ2n) is 5.37. The number of hydrogen-bond donors (Lipinski definition) is 0. The monoisotopic (exact) mass is 307 g/mol. The van der Waals surface area contributed by atoms with E-state index in [4.69, 9.17) is 0 Å². The van der Waals surface area contributed by atoms with E-state index in [9.17, 15) is 20.2 Å². The summed E-state index contributed by atoms with van der Waals surface area (Å²) in [6.07, 6.45) is 1.47. The van der Waals surface area contributed by atoms with Crippen molar-refractivity contribution in [3.63, 3.8) is 0 Å². The van der Waals surface area contributed by atoms with E-state index in [0.29, 0.717) is 15.8 Å².